The molecule has 0 aliphatic heterocycles. The zero-order valence-corrected chi connectivity index (χ0v) is 15.5. The summed E-state index contributed by atoms with van der Waals surface area (Å²) in [4.78, 5) is 27.5. The number of carbonyl (C=O) groups excluding carboxylic acids is 2. The molecule has 0 unspecified atom stereocenters. The predicted octanol–water partition coefficient (Wildman–Crippen LogP) is 4.91. The molecule has 0 saturated carbocycles. The predicted molar refractivity (Wildman–Crippen MR) is 109 cm³/mol. The summed E-state index contributed by atoms with van der Waals surface area (Å²) in [6.45, 7) is 4.35. The monoisotopic (exact) mass is 358 g/mol. The molecule has 2 amide bonds. The van der Waals surface area contributed by atoms with Gasteiger partial charge in [0.1, 0.15) is 0 Å². The number of para-hydroxylation sites is 2. The van der Waals surface area contributed by atoms with E-state index in [1.54, 1.807) is 29.2 Å². The molecule has 0 radical (unpaired) electrons. The van der Waals surface area contributed by atoms with Crippen LogP contribution in [0, 0.1) is 6.92 Å². The van der Waals surface area contributed by atoms with Gasteiger partial charge in [0.2, 0.25) is 0 Å². The lowest BCUT2D eigenvalue weighted by molar-refractivity contribution is 0.0989. The topological polar surface area (TPSA) is 49.4 Å². The number of nitrogens with one attached hydrogen (secondary N) is 1. The quantitative estimate of drug-likeness (QED) is 0.704. The number of anilines is 2. The van der Waals surface area contributed by atoms with Gasteiger partial charge in [-0.3, -0.25) is 9.59 Å². The van der Waals surface area contributed by atoms with E-state index in [4.69, 9.17) is 0 Å². The molecular weight excluding hydrogens is 336 g/mol. The normalized spacial score (nSPS) is 10.3. The molecule has 3 rings (SSSR count). The first-order chi connectivity index (χ1) is 13.1. The van der Waals surface area contributed by atoms with E-state index in [1.807, 2.05) is 68.4 Å². The van der Waals surface area contributed by atoms with Crippen molar-refractivity contribution in [1.29, 1.82) is 0 Å². The fourth-order valence-corrected chi connectivity index (χ4v) is 2.99. The Labute approximate surface area is 159 Å². The van der Waals surface area contributed by atoms with Crippen LogP contribution in [0.1, 0.15) is 33.2 Å². The highest BCUT2D eigenvalue weighted by atomic mass is 16.2. The Morgan fingerprint density at radius 1 is 0.815 bits per heavy atom. The van der Waals surface area contributed by atoms with Gasteiger partial charge in [-0.25, -0.2) is 0 Å². The number of hydrogen-bond donors (Lipinski definition) is 1. The molecule has 3 aromatic rings. The zero-order chi connectivity index (χ0) is 19.2. The Hall–Kier alpha value is -3.40. The van der Waals surface area contributed by atoms with Crippen LogP contribution in [0.2, 0.25) is 0 Å². The molecule has 0 saturated heterocycles. The first-order valence-corrected chi connectivity index (χ1v) is 8.94. The average molecular weight is 358 g/mol. The number of amides is 2. The third kappa shape index (κ3) is 4.06. The van der Waals surface area contributed by atoms with Crippen molar-refractivity contribution in [3.8, 4) is 0 Å². The standard InChI is InChI=1S/C23H22N2O2/c1-3-25(18-12-5-4-6-13-18)23(27)20-15-9-10-16-21(20)24-22(26)19-14-8-7-11-17(19)2/h4-16H,3H2,1-2H3,(H,24,26). The first-order valence-electron chi connectivity index (χ1n) is 8.94. The molecule has 0 aromatic heterocycles. The smallest absolute Gasteiger partial charge is 0.260 e. The van der Waals surface area contributed by atoms with Crippen LogP contribution in [0.4, 0.5) is 11.4 Å². The van der Waals surface area contributed by atoms with Crippen molar-refractivity contribution in [2.45, 2.75) is 13.8 Å². The van der Waals surface area contributed by atoms with Crippen molar-refractivity contribution in [3.63, 3.8) is 0 Å². The van der Waals surface area contributed by atoms with E-state index in [-0.39, 0.29) is 11.8 Å². The van der Waals surface area contributed by atoms with Crippen LogP contribution in [0.15, 0.2) is 78.9 Å². The maximum atomic E-state index is 13.2. The van der Waals surface area contributed by atoms with Gasteiger partial charge in [-0.1, -0.05) is 48.5 Å². The van der Waals surface area contributed by atoms with E-state index in [0.717, 1.165) is 11.3 Å². The van der Waals surface area contributed by atoms with E-state index in [2.05, 4.69) is 5.32 Å². The molecule has 27 heavy (non-hydrogen) atoms. The number of nitrogens with zero attached hydrogens (tertiary/aromatic N) is 1. The lowest BCUT2D eigenvalue weighted by Gasteiger charge is -2.22. The molecule has 0 atom stereocenters. The van der Waals surface area contributed by atoms with Crippen LogP contribution < -0.4 is 10.2 Å². The van der Waals surface area contributed by atoms with Crippen LogP contribution in [-0.2, 0) is 0 Å². The summed E-state index contributed by atoms with van der Waals surface area (Å²) in [6, 6.07) is 24.0. The number of carbonyl (C=O) groups is 2. The molecule has 136 valence electrons. The Balaban J connectivity index is 1.91. The SMILES string of the molecule is CCN(C(=O)c1ccccc1NC(=O)c1ccccc1C)c1ccccc1. The van der Waals surface area contributed by atoms with Crippen molar-refractivity contribution in [3.05, 3.63) is 95.6 Å². The van der Waals surface area contributed by atoms with Gasteiger partial charge < -0.3 is 10.2 Å². The van der Waals surface area contributed by atoms with Gasteiger partial charge in [0.05, 0.1) is 11.3 Å². The second-order valence-electron chi connectivity index (χ2n) is 6.20. The van der Waals surface area contributed by atoms with Gasteiger partial charge in [-0.2, -0.15) is 0 Å². The van der Waals surface area contributed by atoms with Crippen molar-refractivity contribution in [1.82, 2.24) is 0 Å². The molecule has 0 spiro atoms. The number of benzene rings is 3. The molecule has 1 N–H and O–H groups in total. The third-order valence-electron chi connectivity index (χ3n) is 4.42. The van der Waals surface area contributed by atoms with Crippen molar-refractivity contribution < 1.29 is 9.59 Å². The van der Waals surface area contributed by atoms with Gasteiger partial charge >= 0.3 is 0 Å². The summed E-state index contributed by atoms with van der Waals surface area (Å²) in [5.74, 6) is -0.375. The van der Waals surface area contributed by atoms with E-state index in [0.29, 0.717) is 23.4 Å². The minimum Gasteiger partial charge on any atom is -0.321 e. The van der Waals surface area contributed by atoms with Crippen LogP contribution in [0.25, 0.3) is 0 Å². The van der Waals surface area contributed by atoms with Crippen LogP contribution in [0.3, 0.4) is 0 Å². The molecule has 0 aliphatic carbocycles. The highest BCUT2D eigenvalue weighted by molar-refractivity contribution is 6.13. The Morgan fingerprint density at radius 2 is 1.41 bits per heavy atom. The van der Waals surface area contributed by atoms with Gasteiger partial charge in [0.15, 0.2) is 0 Å². The Bertz CT molecular complexity index is 951. The number of aryl methyl sites for hydroxylation is 1. The lowest BCUT2D eigenvalue weighted by Crippen LogP contribution is -2.31. The van der Waals surface area contributed by atoms with Crippen LogP contribution in [-0.4, -0.2) is 18.4 Å². The highest BCUT2D eigenvalue weighted by Gasteiger charge is 2.20. The molecule has 0 bridgehead atoms. The first kappa shape index (κ1) is 18.4. The van der Waals surface area contributed by atoms with Gasteiger partial charge in [-0.05, 0) is 49.7 Å². The summed E-state index contributed by atoms with van der Waals surface area (Å²) < 4.78 is 0. The van der Waals surface area contributed by atoms with Gasteiger partial charge in [-0.15, -0.1) is 0 Å². The number of rotatable bonds is 5. The van der Waals surface area contributed by atoms with E-state index in [1.165, 1.54) is 0 Å². The summed E-state index contributed by atoms with van der Waals surface area (Å²) in [5.41, 5.74) is 3.27. The average Bonchev–Trinajstić information content (AvgIpc) is 2.70. The van der Waals surface area contributed by atoms with Crippen molar-refractivity contribution in [2.24, 2.45) is 0 Å². The molecule has 4 nitrogen and oxygen atoms in total. The largest absolute Gasteiger partial charge is 0.321 e. The fraction of sp³-hybridized carbons (Fsp3) is 0.130. The van der Waals surface area contributed by atoms with Crippen LogP contribution in [0.5, 0.6) is 0 Å². The van der Waals surface area contributed by atoms with E-state index in [9.17, 15) is 9.59 Å². The maximum absolute atomic E-state index is 13.2. The Morgan fingerprint density at radius 3 is 2.07 bits per heavy atom. The van der Waals surface area contributed by atoms with E-state index >= 15 is 0 Å². The molecule has 0 heterocycles. The van der Waals surface area contributed by atoms with Gasteiger partial charge in [0.25, 0.3) is 11.8 Å². The summed E-state index contributed by atoms with van der Waals surface area (Å²) in [7, 11) is 0. The maximum Gasteiger partial charge on any atom is 0.260 e. The molecule has 0 fully saturated rings. The molecule has 0 aliphatic rings. The summed E-state index contributed by atoms with van der Waals surface area (Å²) >= 11 is 0. The lowest BCUT2D eigenvalue weighted by atomic mass is 10.1. The molecule has 4 heteroatoms. The fourth-order valence-electron chi connectivity index (χ4n) is 2.99. The highest BCUT2D eigenvalue weighted by Crippen LogP contribution is 2.22. The summed E-state index contributed by atoms with van der Waals surface area (Å²) in [5, 5.41) is 2.89. The number of hydrogen-bond acceptors (Lipinski definition) is 2. The van der Waals surface area contributed by atoms with Crippen LogP contribution >= 0.6 is 0 Å². The Kier molecular flexibility index (Phi) is 5.67. The third-order valence-corrected chi connectivity index (χ3v) is 4.42. The molecular formula is C23H22N2O2. The minimum absolute atomic E-state index is 0.149. The van der Waals surface area contributed by atoms with Crippen molar-refractivity contribution >= 4 is 23.2 Å². The van der Waals surface area contributed by atoms with Crippen molar-refractivity contribution in [2.75, 3.05) is 16.8 Å². The molecule has 3 aromatic carbocycles. The second kappa shape index (κ2) is 8.32. The second-order valence-corrected chi connectivity index (χ2v) is 6.20. The van der Waals surface area contributed by atoms with E-state index < -0.39 is 0 Å². The zero-order valence-electron chi connectivity index (χ0n) is 15.5. The summed E-state index contributed by atoms with van der Waals surface area (Å²) in [6.07, 6.45) is 0. The van der Waals surface area contributed by atoms with Gasteiger partial charge in [0, 0.05) is 17.8 Å². The minimum atomic E-state index is -0.226.